The quantitative estimate of drug-likeness (QED) is 0.109. The summed E-state index contributed by atoms with van der Waals surface area (Å²) in [6.07, 6.45) is 7.87. The minimum atomic E-state index is -0.556. The molecule has 0 amide bonds. The normalized spacial score (nSPS) is 11.1. The molecule has 0 aliphatic heterocycles. The molecule has 0 nitrogen and oxygen atoms in total. The number of hydrogen-bond donors (Lipinski definition) is 0. The number of rotatable bonds is 5. The summed E-state index contributed by atoms with van der Waals surface area (Å²) in [5, 5.41) is 0. The monoisotopic (exact) mass is 577 g/mol. The Balaban J connectivity index is 0.000000151. The fourth-order valence-electron chi connectivity index (χ4n) is 4.77. The van der Waals surface area contributed by atoms with E-state index in [2.05, 4.69) is 98.4 Å². The Morgan fingerprint density at radius 1 is 0.676 bits per heavy atom. The molecule has 0 unspecified atom stereocenters. The van der Waals surface area contributed by atoms with E-state index in [1.165, 1.54) is 76.2 Å². The molecule has 4 aromatic carbocycles. The van der Waals surface area contributed by atoms with Gasteiger partial charge in [0.2, 0.25) is 0 Å². The fraction of sp³-hybridized carbons (Fsp3) is 0.273. The first-order chi connectivity index (χ1) is 18.2. The van der Waals surface area contributed by atoms with Crippen molar-refractivity contribution in [3.63, 3.8) is 0 Å². The molecule has 4 heteroatoms. The van der Waals surface area contributed by atoms with Crippen LogP contribution in [0.3, 0.4) is 0 Å². The molecule has 2 aliphatic carbocycles. The zero-order chi connectivity index (χ0) is 26.3. The van der Waals surface area contributed by atoms with Crippen molar-refractivity contribution in [2.45, 2.75) is 58.0 Å². The van der Waals surface area contributed by atoms with Crippen molar-refractivity contribution in [2.24, 2.45) is 0 Å². The van der Waals surface area contributed by atoms with Gasteiger partial charge in [0.05, 0.1) is 0 Å². The molecular weight excluding hydrogens is 543 g/mol. The van der Waals surface area contributed by atoms with Crippen molar-refractivity contribution in [3.8, 4) is 22.3 Å². The van der Waals surface area contributed by atoms with Crippen LogP contribution in [-0.2, 0) is 29.9 Å². The predicted octanol–water partition coefficient (Wildman–Crippen LogP) is 9.96. The Morgan fingerprint density at radius 2 is 1.14 bits per heavy atom. The fourth-order valence-corrected chi connectivity index (χ4v) is 5.47. The van der Waals surface area contributed by atoms with E-state index >= 15 is 0 Å². The third-order valence-corrected chi connectivity index (χ3v) is 7.57. The molecule has 0 heterocycles. The van der Waals surface area contributed by atoms with Gasteiger partial charge in [0.1, 0.15) is 0 Å². The Bertz CT molecular complexity index is 1040. The topological polar surface area (TPSA) is 0 Å². The molecule has 0 fully saturated rings. The van der Waals surface area contributed by atoms with E-state index in [1.807, 2.05) is 12.1 Å². The van der Waals surface area contributed by atoms with E-state index in [0.29, 0.717) is 0 Å². The SMILES string of the molecule is CCCCCC[SiH]C.[Cl][Ti][Cl].[c-]1cccc2c1Cc1ccccc1-2.[c-]1cccc2c1Cc1ccccc1-2. The van der Waals surface area contributed by atoms with Crippen molar-refractivity contribution >= 4 is 28.1 Å². The molecule has 0 saturated carbocycles. The zero-order valence-electron chi connectivity index (χ0n) is 21.9. The molecule has 0 saturated heterocycles. The van der Waals surface area contributed by atoms with Gasteiger partial charge in [-0.3, -0.25) is 0 Å². The van der Waals surface area contributed by atoms with Crippen LogP contribution < -0.4 is 0 Å². The van der Waals surface area contributed by atoms with Gasteiger partial charge in [-0.2, -0.15) is 59.7 Å². The van der Waals surface area contributed by atoms with Crippen LogP contribution in [0.15, 0.2) is 84.9 Å². The van der Waals surface area contributed by atoms with Crippen LogP contribution in [0, 0.1) is 12.1 Å². The standard InChI is InChI=1S/2C13H9.C7H17Si.2ClH.Ti/c2*1-3-7-12-10(5-1)9-11-6-2-4-8-13(11)12;1-3-4-5-6-7-8-2;;;/h2*1-5,7-8H,9H2;8H,3-7H2,1-2H3;2*1H;/q2*-1;;;;+2/p-2. The zero-order valence-corrected chi connectivity index (χ0v) is 26.1. The van der Waals surface area contributed by atoms with E-state index in [0.717, 1.165) is 22.4 Å². The van der Waals surface area contributed by atoms with Crippen LogP contribution in [0.2, 0.25) is 12.6 Å². The van der Waals surface area contributed by atoms with Gasteiger partial charge >= 0.3 is 35.6 Å². The molecule has 191 valence electrons. The van der Waals surface area contributed by atoms with Crippen LogP contribution in [0.5, 0.6) is 0 Å². The summed E-state index contributed by atoms with van der Waals surface area (Å²) in [5.41, 5.74) is 11.0. The minimum absolute atomic E-state index is 0.556. The molecule has 0 aromatic heterocycles. The molecule has 2 aliphatic rings. The number of benzene rings is 4. The van der Waals surface area contributed by atoms with Crippen LogP contribution >= 0.6 is 18.6 Å². The largest absolute Gasteiger partial charge is 0.179 e. The maximum atomic E-state index is 4.89. The van der Waals surface area contributed by atoms with Gasteiger partial charge in [-0.25, -0.2) is 0 Å². The predicted molar refractivity (Wildman–Crippen MR) is 161 cm³/mol. The molecule has 37 heavy (non-hydrogen) atoms. The van der Waals surface area contributed by atoms with E-state index in [9.17, 15) is 0 Å². The molecule has 6 rings (SSSR count). The number of fused-ring (bicyclic) bond motifs is 6. The summed E-state index contributed by atoms with van der Waals surface area (Å²) >= 11 is -0.556. The van der Waals surface area contributed by atoms with Crippen molar-refractivity contribution in [1.82, 2.24) is 0 Å². The average Bonchev–Trinajstić information content (AvgIpc) is 3.51. The molecular formula is C33H35Cl2SiTi-2. The van der Waals surface area contributed by atoms with Crippen molar-refractivity contribution < 1.29 is 17.0 Å². The molecule has 4 aromatic rings. The third-order valence-electron chi connectivity index (χ3n) is 6.58. The van der Waals surface area contributed by atoms with E-state index < -0.39 is 17.0 Å². The van der Waals surface area contributed by atoms with Gasteiger partial charge in [-0.05, 0) is 12.8 Å². The van der Waals surface area contributed by atoms with Gasteiger partial charge in [0.15, 0.2) is 0 Å². The van der Waals surface area contributed by atoms with Gasteiger partial charge < -0.3 is 0 Å². The van der Waals surface area contributed by atoms with Crippen LogP contribution in [0.1, 0.15) is 54.9 Å². The number of hydrogen-bond acceptors (Lipinski definition) is 0. The Kier molecular flexibility index (Phi) is 13.8. The Labute approximate surface area is 243 Å². The molecule has 0 bridgehead atoms. The van der Waals surface area contributed by atoms with Gasteiger partial charge in [0, 0.05) is 9.52 Å². The summed E-state index contributed by atoms with van der Waals surface area (Å²) in [5.74, 6) is 0. The van der Waals surface area contributed by atoms with Gasteiger partial charge in [-0.1, -0.05) is 116 Å². The smallest absolute Gasteiger partial charge is 0.0253 e. The molecule has 0 N–H and O–H groups in total. The summed E-state index contributed by atoms with van der Waals surface area (Å²) in [6.45, 7) is 4.60. The maximum absolute atomic E-state index is 4.89. The van der Waals surface area contributed by atoms with Crippen LogP contribution in [0.4, 0.5) is 0 Å². The molecule has 1 radical (unpaired) electrons. The first-order valence-corrected chi connectivity index (χ1v) is 19.4. The summed E-state index contributed by atoms with van der Waals surface area (Å²) < 4.78 is 0. The van der Waals surface area contributed by atoms with Crippen molar-refractivity contribution in [2.75, 3.05) is 0 Å². The van der Waals surface area contributed by atoms with Crippen molar-refractivity contribution in [1.29, 1.82) is 0 Å². The van der Waals surface area contributed by atoms with E-state index in [1.54, 1.807) is 0 Å². The summed E-state index contributed by atoms with van der Waals surface area (Å²) in [7, 11) is 10.6. The summed E-state index contributed by atoms with van der Waals surface area (Å²) in [6, 6.07) is 37.7. The molecule has 0 spiro atoms. The first kappa shape index (κ1) is 29.9. The second-order valence-corrected chi connectivity index (χ2v) is 13.1. The van der Waals surface area contributed by atoms with E-state index in [-0.39, 0.29) is 0 Å². The average molecular weight is 579 g/mol. The Hall–Kier alpha value is -1.61. The molecule has 0 atom stereocenters. The van der Waals surface area contributed by atoms with Gasteiger partial charge in [0.25, 0.3) is 0 Å². The maximum Gasteiger partial charge on any atom is -0.0253 e. The van der Waals surface area contributed by atoms with Crippen LogP contribution in [0.25, 0.3) is 22.3 Å². The van der Waals surface area contributed by atoms with E-state index in [4.69, 9.17) is 18.6 Å². The summed E-state index contributed by atoms with van der Waals surface area (Å²) in [4.78, 5) is 0. The Morgan fingerprint density at radius 3 is 1.59 bits per heavy atom. The second kappa shape index (κ2) is 17.1. The van der Waals surface area contributed by atoms with Crippen LogP contribution in [-0.4, -0.2) is 9.52 Å². The number of halogens is 2. The van der Waals surface area contributed by atoms with Crippen molar-refractivity contribution in [3.05, 3.63) is 119 Å². The van der Waals surface area contributed by atoms with Gasteiger partial charge in [-0.15, -0.1) is 11.1 Å². The third kappa shape index (κ3) is 8.98. The number of unbranched alkanes of at least 4 members (excludes halogenated alkanes) is 3. The first-order valence-electron chi connectivity index (χ1n) is 13.1. The minimum Gasteiger partial charge on any atom is -0.179 e. The second-order valence-electron chi connectivity index (χ2n) is 9.12.